The van der Waals surface area contributed by atoms with Crippen LogP contribution in [-0.2, 0) is 4.79 Å². The summed E-state index contributed by atoms with van der Waals surface area (Å²) in [5, 5.41) is 2.96. The largest absolute Gasteiger partial charge is 0.477 e. The van der Waals surface area contributed by atoms with Crippen LogP contribution in [0.4, 0.5) is 5.69 Å². The summed E-state index contributed by atoms with van der Waals surface area (Å²) in [5.74, 6) is 1.89. The maximum atomic E-state index is 14.4. The smallest absolute Gasteiger partial charge is 0.269 e. The summed E-state index contributed by atoms with van der Waals surface area (Å²) < 4.78 is 6.70. The minimum Gasteiger partial charge on any atom is -0.477 e. The van der Waals surface area contributed by atoms with Gasteiger partial charge < -0.3 is 9.64 Å². The Morgan fingerprint density at radius 2 is 1.44 bits per heavy atom. The quantitative estimate of drug-likeness (QED) is 0.155. The topological polar surface area (TPSA) is 36.0 Å². The highest BCUT2D eigenvalue weighted by molar-refractivity contribution is 6.34. The lowest BCUT2D eigenvalue weighted by Gasteiger charge is -2.47. The van der Waals surface area contributed by atoms with Gasteiger partial charge in [-0.05, 0) is 83.9 Å². The highest BCUT2D eigenvalue weighted by atomic mass is 35.5. The Kier molecular flexibility index (Phi) is 9.39. The number of halogens is 1. The van der Waals surface area contributed by atoms with Crippen LogP contribution in [0.3, 0.4) is 0 Å². The summed E-state index contributed by atoms with van der Waals surface area (Å²) in [6, 6.07) is 38.6. The van der Waals surface area contributed by atoms with E-state index in [0.717, 1.165) is 60.0 Å². The van der Waals surface area contributed by atoms with E-state index in [1.807, 2.05) is 11.0 Å². The minimum atomic E-state index is -0.554. The van der Waals surface area contributed by atoms with Gasteiger partial charge in [0.25, 0.3) is 5.91 Å². The number of ether oxygens (including phenoxy) is 1. The number of hydrogen-bond donors (Lipinski definition) is 0. The van der Waals surface area contributed by atoms with Gasteiger partial charge in [-0.15, -0.1) is 0 Å². The molecule has 0 radical (unpaired) electrons. The van der Waals surface area contributed by atoms with Gasteiger partial charge in [0.2, 0.25) is 0 Å². The first kappa shape index (κ1) is 33.0. The number of benzene rings is 5. The zero-order chi connectivity index (χ0) is 34.2. The summed E-state index contributed by atoms with van der Waals surface area (Å²) in [5.41, 5.74) is 6.56. The molecule has 0 aliphatic carbocycles. The number of fused-ring (bicyclic) bond motifs is 2. The summed E-state index contributed by atoms with van der Waals surface area (Å²) in [6.45, 7) is 9.49. The number of hydrogen-bond acceptors (Lipinski definition) is 4. The van der Waals surface area contributed by atoms with Crippen LogP contribution in [0.25, 0.3) is 21.9 Å². The van der Waals surface area contributed by atoms with Crippen LogP contribution < -0.4 is 9.64 Å². The second-order valence-corrected chi connectivity index (χ2v) is 15.0. The molecule has 3 aliphatic heterocycles. The molecule has 1 atom stereocenters. The lowest BCUT2D eigenvalue weighted by Crippen LogP contribution is -2.57. The summed E-state index contributed by atoms with van der Waals surface area (Å²) in [6.07, 6.45) is 3.03. The second kappa shape index (κ2) is 14.2. The molecule has 1 amide bonds. The highest BCUT2D eigenvalue weighted by Gasteiger charge is 2.41. The zero-order valence-electron chi connectivity index (χ0n) is 29.1. The number of likely N-dealkylation sites (tertiary alicyclic amines) is 2. The Bertz CT molecular complexity index is 1930. The molecule has 8 rings (SSSR count). The zero-order valence-corrected chi connectivity index (χ0v) is 29.9. The van der Waals surface area contributed by atoms with Crippen LogP contribution in [0.15, 0.2) is 109 Å². The van der Waals surface area contributed by atoms with Gasteiger partial charge in [0, 0.05) is 37.7 Å². The van der Waals surface area contributed by atoms with Crippen molar-refractivity contribution in [1.29, 1.82) is 0 Å². The Morgan fingerprint density at radius 3 is 2.12 bits per heavy atom. The van der Waals surface area contributed by atoms with E-state index < -0.39 is 6.10 Å². The lowest BCUT2D eigenvalue weighted by atomic mass is 9.89. The van der Waals surface area contributed by atoms with Crippen LogP contribution in [-0.4, -0.2) is 61.1 Å². The molecule has 0 aromatic heterocycles. The molecule has 50 heavy (non-hydrogen) atoms. The van der Waals surface area contributed by atoms with Gasteiger partial charge in [-0.3, -0.25) is 14.6 Å². The van der Waals surface area contributed by atoms with Crippen molar-refractivity contribution >= 4 is 34.0 Å². The first-order chi connectivity index (χ1) is 24.4. The predicted octanol–water partition coefficient (Wildman–Crippen LogP) is 9.41. The van der Waals surface area contributed by atoms with E-state index in [2.05, 4.69) is 127 Å². The average Bonchev–Trinajstić information content (AvgIpc) is 3.13. The predicted molar refractivity (Wildman–Crippen MR) is 205 cm³/mol. The van der Waals surface area contributed by atoms with Crippen molar-refractivity contribution in [1.82, 2.24) is 9.80 Å². The molecule has 0 bridgehead atoms. The Balaban J connectivity index is 1.10. The number of piperidine rings is 1. The summed E-state index contributed by atoms with van der Waals surface area (Å²) in [7, 11) is 0. The van der Waals surface area contributed by atoms with E-state index in [9.17, 15) is 4.79 Å². The number of amides is 1. The molecule has 5 nitrogen and oxygen atoms in total. The third-order valence-corrected chi connectivity index (χ3v) is 11.5. The van der Waals surface area contributed by atoms with Gasteiger partial charge in [-0.2, -0.15) is 0 Å². The molecule has 0 spiro atoms. The number of nitrogens with zero attached hydrogens (tertiary/aromatic N) is 3. The van der Waals surface area contributed by atoms with Gasteiger partial charge in [-0.25, -0.2) is 0 Å². The monoisotopic (exact) mass is 683 g/mol. The molecule has 1 unspecified atom stereocenters. The molecule has 3 heterocycles. The van der Waals surface area contributed by atoms with Crippen LogP contribution in [0.2, 0.25) is 5.02 Å². The average molecular weight is 684 g/mol. The molecular weight excluding hydrogens is 638 g/mol. The van der Waals surface area contributed by atoms with Crippen molar-refractivity contribution < 1.29 is 9.53 Å². The molecule has 5 aromatic carbocycles. The molecule has 256 valence electrons. The first-order valence-corrected chi connectivity index (χ1v) is 18.7. The molecule has 3 aliphatic rings. The molecule has 6 heteroatoms. The molecule has 5 aromatic rings. The molecule has 0 N–H and O–H groups in total. The maximum absolute atomic E-state index is 14.4. The van der Waals surface area contributed by atoms with Gasteiger partial charge in [0.05, 0.1) is 16.8 Å². The van der Waals surface area contributed by atoms with Gasteiger partial charge in [0.15, 0.2) is 6.10 Å². The Labute approximate surface area is 301 Å². The molecule has 2 saturated heterocycles. The van der Waals surface area contributed by atoms with Crippen molar-refractivity contribution in [3.05, 3.63) is 131 Å². The Hall–Kier alpha value is -4.16. The second-order valence-electron chi connectivity index (χ2n) is 14.6. The fraction of sp³-hybridized carbons (Fsp3) is 0.341. The number of aryl methyl sites for hydroxylation is 1. The van der Waals surface area contributed by atoms with Crippen molar-refractivity contribution in [2.24, 2.45) is 11.8 Å². The van der Waals surface area contributed by atoms with E-state index >= 15 is 0 Å². The third-order valence-electron chi connectivity index (χ3n) is 11.2. The van der Waals surface area contributed by atoms with E-state index in [4.69, 9.17) is 16.3 Å². The van der Waals surface area contributed by atoms with Crippen molar-refractivity contribution in [3.8, 4) is 16.9 Å². The molecular formula is C44H46ClN3O2. The molecule has 0 saturated carbocycles. The van der Waals surface area contributed by atoms with Crippen LogP contribution in [0.1, 0.15) is 48.9 Å². The standard InChI is InChI=1S/C44H46ClN3O2/c1-3-31-18-20-46(21-19-31)29-42-44(49)48(28-32-26-47(27-32)43(33-12-6-4-7-13-33)34-14-8-5-9-15-34)40-25-39(45)38(24-41(40)50-42)37-23-30(2)22-35-16-10-11-17-36(35)37/h4-17,22-25,31-32,42-43H,3,18-21,26-29H2,1-2H3. The molecule has 2 fully saturated rings. The fourth-order valence-corrected chi connectivity index (χ4v) is 8.69. The number of carbonyl (C=O) groups excluding carboxylic acids is 1. The first-order valence-electron chi connectivity index (χ1n) is 18.3. The van der Waals surface area contributed by atoms with E-state index in [1.54, 1.807) is 0 Å². The number of carbonyl (C=O) groups is 1. The van der Waals surface area contributed by atoms with Crippen LogP contribution >= 0.6 is 11.6 Å². The van der Waals surface area contributed by atoms with Gasteiger partial charge in [0.1, 0.15) is 5.75 Å². The highest BCUT2D eigenvalue weighted by Crippen LogP contribution is 2.45. The minimum absolute atomic E-state index is 0.0426. The third kappa shape index (κ3) is 6.55. The summed E-state index contributed by atoms with van der Waals surface area (Å²) in [4.78, 5) is 21.4. The Morgan fingerprint density at radius 1 is 0.780 bits per heavy atom. The maximum Gasteiger partial charge on any atom is 0.269 e. The van der Waals surface area contributed by atoms with Crippen molar-refractivity contribution in [2.45, 2.75) is 45.3 Å². The normalized spacial score (nSPS) is 19.1. The number of rotatable bonds is 9. The SMILES string of the molecule is CCC1CCN(CC2Oc3cc(-c4cc(C)cc5ccccc45)c(Cl)cc3N(CC3CN(C(c4ccccc4)c4ccccc4)C3)C2=O)CC1. The number of anilines is 1. The fourth-order valence-electron chi connectivity index (χ4n) is 8.43. The van der Waals surface area contributed by atoms with Crippen LogP contribution in [0, 0.1) is 18.8 Å². The van der Waals surface area contributed by atoms with E-state index in [1.165, 1.54) is 41.3 Å². The summed E-state index contributed by atoms with van der Waals surface area (Å²) >= 11 is 7.16. The lowest BCUT2D eigenvalue weighted by molar-refractivity contribution is -0.127. The van der Waals surface area contributed by atoms with Crippen LogP contribution in [0.5, 0.6) is 5.75 Å². The van der Waals surface area contributed by atoms with Gasteiger partial charge >= 0.3 is 0 Å². The van der Waals surface area contributed by atoms with Crippen molar-refractivity contribution in [3.63, 3.8) is 0 Å². The van der Waals surface area contributed by atoms with E-state index in [0.29, 0.717) is 24.0 Å². The van der Waals surface area contributed by atoms with Gasteiger partial charge in [-0.1, -0.05) is 122 Å². The van der Waals surface area contributed by atoms with E-state index in [-0.39, 0.29) is 11.9 Å². The van der Waals surface area contributed by atoms with Crippen molar-refractivity contribution in [2.75, 3.05) is 44.2 Å².